The van der Waals surface area contributed by atoms with Crippen molar-refractivity contribution >= 4 is 51.2 Å². The molecular weight excluding hydrogens is 613 g/mol. The quantitative estimate of drug-likeness (QED) is 0.0715. The smallest absolute Gasteiger partial charge is 0.486 e. The van der Waals surface area contributed by atoms with Crippen LogP contribution in [0.25, 0.3) is 0 Å². The highest BCUT2D eigenvalue weighted by Crippen LogP contribution is 2.46. The molecule has 0 radical (unpaired) electrons. The number of Topliss-reactive ketones (excluding diaryl/α,β-unsaturated/α-hetero) is 1. The fourth-order valence-electron chi connectivity index (χ4n) is 3.85. The summed E-state index contributed by atoms with van der Waals surface area (Å²) in [6.45, 7) is -0.405. The molecule has 2 heterocycles. The molecule has 13 nitrogen and oxygen atoms in total. The molecule has 2 aliphatic heterocycles. The fraction of sp³-hybridized carbons (Fsp3) is 0.250. The van der Waals surface area contributed by atoms with Crippen LogP contribution < -0.4 is 4.74 Å². The van der Waals surface area contributed by atoms with Crippen molar-refractivity contribution in [2.24, 2.45) is 5.92 Å². The lowest BCUT2D eigenvalue weighted by Gasteiger charge is -2.49. The monoisotopic (exact) mass is 630 g/mol. The van der Waals surface area contributed by atoms with Gasteiger partial charge >= 0.3 is 27.6 Å². The number of rotatable bonds is 10. The number of halogens is 3. The number of carbonyl (C=O) groups is 4. The number of benzene rings is 2. The Hall–Kier alpha value is -4.45. The molecular formula is C24H17F3N2O11S2. The molecule has 0 aliphatic carbocycles. The van der Waals surface area contributed by atoms with Gasteiger partial charge in [0.15, 0.2) is 17.2 Å². The first-order chi connectivity index (χ1) is 19.7. The molecule has 2 aromatic carbocycles. The lowest BCUT2D eigenvalue weighted by atomic mass is 9.91. The summed E-state index contributed by atoms with van der Waals surface area (Å²) in [4.78, 5) is 61.5. The number of hydrogen-bond donors (Lipinski definition) is 0. The first kappa shape index (κ1) is 30.5. The molecule has 0 saturated carbocycles. The average molecular weight is 631 g/mol. The number of esters is 2. The zero-order valence-corrected chi connectivity index (χ0v) is 22.4. The minimum absolute atomic E-state index is 0.374. The number of thioether (sulfide) groups is 1. The first-order valence-electron chi connectivity index (χ1n) is 11.6. The number of fused-ring (bicyclic) bond motifs is 1. The molecule has 0 bridgehead atoms. The second kappa shape index (κ2) is 11.8. The zero-order chi connectivity index (χ0) is 30.8. The van der Waals surface area contributed by atoms with Crippen LogP contribution in [0.4, 0.5) is 18.9 Å². The van der Waals surface area contributed by atoms with Gasteiger partial charge in [-0.05, 0) is 24.3 Å². The van der Waals surface area contributed by atoms with E-state index in [1.165, 1.54) is 0 Å². The van der Waals surface area contributed by atoms with Crippen LogP contribution in [0.5, 0.6) is 5.75 Å². The van der Waals surface area contributed by atoms with E-state index in [0.29, 0.717) is 10.6 Å². The Morgan fingerprint density at radius 2 is 1.69 bits per heavy atom. The molecule has 4 rings (SSSR count). The normalized spacial score (nSPS) is 18.5. The highest BCUT2D eigenvalue weighted by molar-refractivity contribution is 8.00. The van der Waals surface area contributed by atoms with Gasteiger partial charge in [-0.3, -0.25) is 24.6 Å². The van der Waals surface area contributed by atoms with Crippen LogP contribution >= 0.6 is 11.8 Å². The lowest BCUT2D eigenvalue weighted by Crippen LogP contribution is -2.62. The number of nitro groups is 1. The van der Waals surface area contributed by atoms with Crippen LogP contribution in [0, 0.1) is 16.0 Å². The van der Waals surface area contributed by atoms with Gasteiger partial charge in [0.25, 0.3) is 5.69 Å². The van der Waals surface area contributed by atoms with Gasteiger partial charge in [0.05, 0.1) is 27.5 Å². The summed E-state index contributed by atoms with van der Waals surface area (Å²) in [5, 5.41) is 9.79. The van der Waals surface area contributed by atoms with Gasteiger partial charge in [0.2, 0.25) is 5.91 Å². The molecule has 1 fully saturated rings. The summed E-state index contributed by atoms with van der Waals surface area (Å²) in [6.07, 6.45) is -0.374. The van der Waals surface area contributed by atoms with E-state index in [0.717, 1.165) is 36.0 Å². The summed E-state index contributed by atoms with van der Waals surface area (Å²) in [5.41, 5.74) is -7.74. The summed E-state index contributed by atoms with van der Waals surface area (Å²) in [6, 6.07) is 12.0. The molecule has 1 amide bonds. The van der Waals surface area contributed by atoms with Crippen molar-refractivity contribution in [2.45, 2.75) is 17.3 Å². The number of para-hydroxylation sites is 1. The van der Waals surface area contributed by atoms with E-state index in [2.05, 4.69) is 8.92 Å². The molecule has 2 atom stereocenters. The molecule has 42 heavy (non-hydrogen) atoms. The second-order valence-corrected chi connectivity index (χ2v) is 11.2. The maximum atomic E-state index is 13.0. The summed E-state index contributed by atoms with van der Waals surface area (Å²) < 4.78 is 76.5. The van der Waals surface area contributed by atoms with Gasteiger partial charge in [-0.25, -0.2) is 9.59 Å². The Morgan fingerprint density at radius 1 is 1.05 bits per heavy atom. The van der Waals surface area contributed by atoms with Crippen LogP contribution in [0.15, 0.2) is 66.1 Å². The third-order valence-corrected chi connectivity index (χ3v) is 8.12. The van der Waals surface area contributed by atoms with Crippen LogP contribution in [0.3, 0.4) is 0 Å². The number of β-lactam (4-membered cyclic amide) rings is 1. The summed E-state index contributed by atoms with van der Waals surface area (Å²) in [7, 11) is -6.29. The SMILES string of the molecule is O=C(COc1ccccc1)C[C@@H]1C(=O)N2C(C(=O)OC(=O)c3ccc([N+](=O)[O-])cc3)=C(OS(=O)(=O)C(F)(F)F)CS[C@H]12. The van der Waals surface area contributed by atoms with E-state index in [9.17, 15) is 50.9 Å². The summed E-state index contributed by atoms with van der Waals surface area (Å²) >= 11 is 0.722. The highest BCUT2D eigenvalue weighted by atomic mass is 32.2. The highest BCUT2D eigenvalue weighted by Gasteiger charge is 2.57. The van der Waals surface area contributed by atoms with E-state index in [-0.39, 0.29) is 12.0 Å². The van der Waals surface area contributed by atoms with Crippen molar-refractivity contribution in [1.82, 2.24) is 4.90 Å². The Morgan fingerprint density at radius 3 is 2.29 bits per heavy atom. The predicted molar refractivity (Wildman–Crippen MR) is 135 cm³/mol. The van der Waals surface area contributed by atoms with Crippen LogP contribution in [0.2, 0.25) is 0 Å². The van der Waals surface area contributed by atoms with Gasteiger partial charge in [-0.15, -0.1) is 11.8 Å². The largest absolute Gasteiger partial charge is 0.534 e. The second-order valence-electron chi connectivity index (χ2n) is 8.60. The Kier molecular flexibility index (Phi) is 8.58. The van der Waals surface area contributed by atoms with E-state index < -0.39 is 85.0 Å². The number of alkyl halides is 3. The maximum Gasteiger partial charge on any atom is 0.534 e. The van der Waals surface area contributed by atoms with Gasteiger partial charge in [-0.2, -0.15) is 21.6 Å². The third kappa shape index (κ3) is 6.38. The Bertz CT molecular complexity index is 1580. The van der Waals surface area contributed by atoms with Crippen molar-refractivity contribution in [2.75, 3.05) is 12.4 Å². The number of carbonyl (C=O) groups excluding carboxylic acids is 4. The van der Waals surface area contributed by atoms with Gasteiger partial charge in [0, 0.05) is 18.6 Å². The minimum Gasteiger partial charge on any atom is -0.486 e. The third-order valence-electron chi connectivity index (χ3n) is 5.82. The molecule has 0 aromatic heterocycles. The molecule has 222 valence electrons. The fourth-order valence-corrected chi connectivity index (χ4v) is 5.75. The van der Waals surface area contributed by atoms with Crippen molar-refractivity contribution in [3.05, 3.63) is 81.7 Å². The van der Waals surface area contributed by atoms with Crippen molar-refractivity contribution in [3.8, 4) is 5.75 Å². The molecule has 0 N–H and O–H groups in total. The number of hydrogen-bond acceptors (Lipinski definition) is 12. The molecule has 1 saturated heterocycles. The molecule has 0 spiro atoms. The van der Waals surface area contributed by atoms with E-state index in [1.54, 1.807) is 30.3 Å². The van der Waals surface area contributed by atoms with Gasteiger partial charge < -0.3 is 13.7 Å². The minimum atomic E-state index is -6.29. The standard InChI is InChI=1S/C24H17F3N2O11S2/c25-24(26,27)42(36,37)40-18-12-41-21-17(10-15(30)11-38-16-4-2-1-3-5-16)20(31)28(21)19(18)23(33)39-22(32)13-6-8-14(9-7-13)29(34)35/h1-9,17,21H,10-12H2/t17-,21-/m1/s1. The van der Waals surface area contributed by atoms with Crippen LogP contribution in [-0.4, -0.2) is 65.1 Å². The molecule has 2 aromatic rings. The Labute approximate surface area is 238 Å². The van der Waals surface area contributed by atoms with E-state index in [4.69, 9.17) is 4.74 Å². The molecule has 18 heteroatoms. The van der Waals surface area contributed by atoms with Gasteiger partial charge in [0.1, 0.15) is 12.4 Å². The van der Waals surface area contributed by atoms with Crippen LogP contribution in [-0.2, 0) is 33.4 Å². The number of non-ortho nitro benzene ring substituents is 1. The maximum absolute atomic E-state index is 13.0. The predicted octanol–water partition coefficient (Wildman–Crippen LogP) is 2.93. The number of nitro benzene ring substituents is 1. The lowest BCUT2D eigenvalue weighted by molar-refractivity contribution is -0.384. The van der Waals surface area contributed by atoms with Crippen molar-refractivity contribution < 1.29 is 59.3 Å². The van der Waals surface area contributed by atoms with Crippen molar-refractivity contribution in [3.63, 3.8) is 0 Å². The first-order valence-corrected chi connectivity index (χ1v) is 14.0. The zero-order valence-electron chi connectivity index (χ0n) is 20.8. The van der Waals surface area contributed by atoms with E-state index >= 15 is 0 Å². The van der Waals surface area contributed by atoms with Gasteiger partial charge in [-0.1, -0.05) is 18.2 Å². The number of ether oxygens (including phenoxy) is 2. The average Bonchev–Trinajstić information content (AvgIpc) is 2.94. The number of ketones is 1. The number of amides is 1. The summed E-state index contributed by atoms with van der Waals surface area (Å²) in [5.74, 6) is -7.06. The molecule has 2 aliphatic rings. The van der Waals surface area contributed by atoms with E-state index in [1.807, 2.05) is 0 Å². The Balaban J connectivity index is 1.55. The topological polar surface area (TPSA) is 176 Å². The van der Waals surface area contributed by atoms with Crippen molar-refractivity contribution in [1.29, 1.82) is 0 Å². The molecule has 0 unspecified atom stereocenters. The van der Waals surface area contributed by atoms with Crippen LogP contribution in [0.1, 0.15) is 16.8 Å². The number of nitrogens with zero attached hydrogens (tertiary/aromatic N) is 2.